The Morgan fingerprint density at radius 1 is 1.27 bits per heavy atom. The lowest BCUT2D eigenvalue weighted by Crippen LogP contribution is -2.38. The smallest absolute Gasteiger partial charge is 0.407 e. The summed E-state index contributed by atoms with van der Waals surface area (Å²) in [4.78, 5) is 25.3. The number of amides is 1. The summed E-state index contributed by atoms with van der Waals surface area (Å²) in [6, 6.07) is 3.74. The molecule has 4 heterocycles. The van der Waals surface area contributed by atoms with E-state index in [1.54, 1.807) is 18.5 Å². The summed E-state index contributed by atoms with van der Waals surface area (Å²) in [6.07, 6.45) is 5.38. The van der Waals surface area contributed by atoms with E-state index in [-0.39, 0.29) is 6.04 Å². The van der Waals surface area contributed by atoms with E-state index in [9.17, 15) is 4.79 Å². The third-order valence-electron chi connectivity index (χ3n) is 4.60. The Kier molecular flexibility index (Phi) is 4.11. The Labute approximate surface area is 149 Å². The van der Waals surface area contributed by atoms with Gasteiger partial charge in [0, 0.05) is 19.3 Å². The zero-order valence-electron chi connectivity index (χ0n) is 14.2. The standard InChI is InChI=1S/C17H18N6O3/c1-11-14(3-2-6-18-11)26-16-13-9-21-23(15(13)19-10-20-16)12-4-7-22(8-5-12)17(24)25/h2-3,6,9-10,12H,4-5,7-8H2,1H3,(H,24,25). The van der Waals surface area contributed by atoms with E-state index in [1.807, 2.05) is 17.7 Å². The predicted octanol–water partition coefficient (Wildman–Crippen LogP) is 2.64. The van der Waals surface area contributed by atoms with Crippen LogP contribution in [0.25, 0.3) is 11.0 Å². The molecule has 1 aliphatic heterocycles. The van der Waals surface area contributed by atoms with Crippen molar-refractivity contribution < 1.29 is 14.6 Å². The molecule has 1 fully saturated rings. The van der Waals surface area contributed by atoms with E-state index in [0.717, 1.165) is 11.1 Å². The normalized spacial score (nSPS) is 15.3. The lowest BCUT2D eigenvalue weighted by Gasteiger charge is -2.30. The van der Waals surface area contributed by atoms with Gasteiger partial charge < -0.3 is 14.7 Å². The molecule has 1 N–H and O–H groups in total. The van der Waals surface area contributed by atoms with Gasteiger partial charge in [0.2, 0.25) is 5.88 Å². The molecule has 0 radical (unpaired) electrons. The summed E-state index contributed by atoms with van der Waals surface area (Å²) in [5, 5.41) is 14.3. The largest absolute Gasteiger partial charge is 0.465 e. The third kappa shape index (κ3) is 2.92. The minimum atomic E-state index is -0.876. The number of ether oxygens (including phenoxy) is 1. The van der Waals surface area contributed by atoms with Crippen molar-refractivity contribution in [3.05, 3.63) is 36.5 Å². The van der Waals surface area contributed by atoms with Gasteiger partial charge in [-0.3, -0.25) is 4.98 Å². The molecule has 1 amide bonds. The first-order valence-corrected chi connectivity index (χ1v) is 8.39. The molecule has 26 heavy (non-hydrogen) atoms. The Bertz CT molecular complexity index is 949. The summed E-state index contributed by atoms with van der Waals surface area (Å²) in [7, 11) is 0. The number of fused-ring (bicyclic) bond motifs is 1. The van der Waals surface area contributed by atoms with E-state index in [1.165, 1.54) is 11.2 Å². The lowest BCUT2D eigenvalue weighted by atomic mass is 10.1. The number of nitrogens with zero attached hydrogens (tertiary/aromatic N) is 6. The van der Waals surface area contributed by atoms with Gasteiger partial charge in [-0.15, -0.1) is 0 Å². The van der Waals surface area contributed by atoms with Gasteiger partial charge in [0.1, 0.15) is 11.7 Å². The van der Waals surface area contributed by atoms with E-state index in [4.69, 9.17) is 9.84 Å². The van der Waals surface area contributed by atoms with Crippen LogP contribution in [0.5, 0.6) is 11.6 Å². The first-order valence-electron chi connectivity index (χ1n) is 8.39. The SMILES string of the molecule is Cc1ncccc1Oc1ncnc2c1cnn2C1CCN(C(=O)O)CC1. The monoisotopic (exact) mass is 354 g/mol. The van der Waals surface area contributed by atoms with Crippen LogP contribution in [0, 0.1) is 6.92 Å². The maximum atomic E-state index is 11.1. The molecule has 0 spiro atoms. The predicted molar refractivity (Wildman–Crippen MR) is 92.2 cm³/mol. The van der Waals surface area contributed by atoms with Crippen molar-refractivity contribution in [1.29, 1.82) is 0 Å². The average molecular weight is 354 g/mol. The van der Waals surface area contributed by atoms with Crippen molar-refractivity contribution in [3.8, 4) is 11.6 Å². The lowest BCUT2D eigenvalue weighted by molar-refractivity contribution is 0.124. The highest BCUT2D eigenvalue weighted by atomic mass is 16.5. The summed E-state index contributed by atoms with van der Waals surface area (Å²) < 4.78 is 7.77. The number of aromatic nitrogens is 5. The summed E-state index contributed by atoms with van der Waals surface area (Å²) in [5.74, 6) is 1.07. The molecule has 4 rings (SSSR count). The second-order valence-electron chi connectivity index (χ2n) is 6.20. The maximum Gasteiger partial charge on any atom is 0.407 e. The molecular weight excluding hydrogens is 336 g/mol. The average Bonchev–Trinajstić information content (AvgIpc) is 3.09. The van der Waals surface area contributed by atoms with E-state index < -0.39 is 6.09 Å². The second-order valence-corrected chi connectivity index (χ2v) is 6.20. The summed E-state index contributed by atoms with van der Waals surface area (Å²) in [6.45, 7) is 2.85. The molecule has 9 nitrogen and oxygen atoms in total. The Morgan fingerprint density at radius 3 is 2.81 bits per heavy atom. The van der Waals surface area contributed by atoms with Crippen molar-refractivity contribution in [1.82, 2.24) is 29.6 Å². The molecule has 3 aromatic heterocycles. The van der Waals surface area contributed by atoms with E-state index in [2.05, 4.69) is 20.1 Å². The zero-order valence-corrected chi connectivity index (χ0v) is 14.2. The zero-order chi connectivity index (χ0) is 18.1. The fourth-order valence-electron chi connectivity index (χ4n) is 3.17. The highest BCUT2D eigenvalue weighted by Gasteiger charge is 2.26. The minimum Gasteiger partial charge on any atom is -0.465 e. The number of hydrogen-bond donors (Lipinski definition) is 1. The van der Waals surface area contributed by atoms with Crippen LogP contribution in [0.1, 0.15) is 24.6 Å². The van der Waals surface area contributed by atoms with Gasteiger partial charge in [0.05, 0.1) is 17.9 Å². The number of carboxylic acid groups (broad SMARTS) is 1. The topological polar surface area (TPSA) is 106 Å². The first-order chi connectivity index (χ1) is 12.6. The van der Waals surface area contributed by atoms with E-state index in [0.29, 0.717) is 43.2 Å². The van der Waals surface area contributed by atoms with Gasteiger partial charge in [0.15, 0.2) is 11.4 Å². The molecule has 0 bridgehead atoms. The highest BCUT2D eigenvalue weighted by Crippen LogP contribution is 2.31. The molecule has 0 unspecified atom stereocenters. The summed E-state index contributed by atoms with van der Waals surface area (Å²) >= 11 is 0. The molecule has 0 saturated carbocycles. The number of piperidine rings is 1. The van der Waals surface area contributed by atoms with Crippen molar-refractivity contribution in [3.63, 3.8) is 0 Å². The Balaban J connectivity index is 1.62. The minimum absolute atomic E-state index is 0.103. The number of carbonyl (C=O) groups is 1. The van der Waals surface area contributed by atoms with Crippen LogP contribution >= 0.6 is 0 Å². The fraction of sp³-hybridized carbons (Fsp3) is 0.353. The number of hydrogen-bond acceptors (Lipinski definition) is 6. The number of likely N-dealkylation sites (tertiary alicyclic amines) is 1. The molecule has 134 valence electrons. The van der Waals surface area contributed by atoms with Crippen LogP contribution in [-0.4, -0.2) is 53.9 Å². The highest BCUT2D eigenvalue weighted by molar-refractivity contribution is 5.80. The molecular formula is C17H18N6O3. The van der Waals surface area contributed by atoms with Gasteiger partial charge in [-0.2, -0.15) is 5.10 Å². The van der Waals surface area contributed by atoms with Crippen molar-refractivity contribution in [2.45, 2.75) is 25.8 Å². The number of aryl methyl sites for hydroxylation is 1. The number of rotatable bonds is 3. The van der Waals surface area contributed by atoms with Crippen LogP contribution in [0.3, 0.4) is 0 Å². The van der Waals surface area contributed by atoms with Crippen molar-refractivity contribution >= 4 is 17.1 Å². The van der Waals surface area contributed by atoms with Crippen LogP contribution in [0.15, 0.2) is 30.9 Å². The molecule has 0 aromatic carbocycles. The van der Waals surface area contributed by atoms with Crippen molar-refractivity contribution in [2.75, 3.05) is 13.1 Å². The van der Waals surface area contributed by atoms with Gasteiger partial charge in [-0.05, 0) is 31.9 Å². The van der Waals surface area contributed by atoms with Crippen LogP contribution in [-0.2, 0) is 0 Å². The van der Waals surface area contributed by atoms with Crippen LogP contribution in [0.4, 0.5) is 4.79 Å². The molecule has 1 saturated heterocycles. The third-order valence-corrected chi connectivity index (χ3v) is 4.60. The Morgan fingerprint density at radius 2 is 2.08 bits per heavy atom. The maximum absolute atomic E-state index is 11.1. The first kappa shape index (κ1) is 16.2. The molecule has 9 heteroatoms. The molecule has 0 atom stereocenters. The van der Waals surface area contributed by atoms with Crippen LogP contribution < -0.4 is 4.74 Å². The van der Waals surface area contributed by atoms with Gasteiger partial charge in [0.25, 0.3) is 0 Å². The summed E-state index contributed by atoms with van der Waals surface area (Å²) in [5.41, 5.74) is 1.46. The van der Waals surface area contributed by atoms with E-state index >= 15 is 0 Å². The fourth-order valence-corrected chi connectivity index (χ4v) is 3.17. The Hall–Kier alpha value is -3.23. The second kappa shape index (κ2) is 6.58. The van der Waals surface area contributed by atoms with Gasteiger partial charge >= 0.3 is 6.09 Å². The molecule has 3 aromatic rings. The molecule has 0 aliphatic carbocycles. The van der Waals surface area contributed by atoms with Gasteiger partial charge in [-0.1, -0.05) is 0 Å². The van der Waals surface area contributed by atoms with Crippen molar-refractivity contribution in [2.24, 2.45) is 0 Å². The molecule has 1 aliphatic rings. The quantitative estimate of drug-likeness (QED) is 0.770. The number of pyridine rings is 1. The van der Waals surface area contributed by atoms with Gasteiger partial charge in [-0.25, -0.2) is 19.4 Å². The van der Waals surface area contributed by atoms with Crippen LogP contribution in [0.2, 0.25) is 0 Å².